The van der Waals surface area contributed by atoms with Crippen LogP contribution in [0.2, 0.25) is 0 Å². The van der Waals surface area contributed by atoms with E-state index in [0.29, 0.717) is 18.4 Å². The smallest absolute Gasteiger partial charge is 0.327 e. The Bertz CT molecular complexity index is 1010. The van der Waals surface area contributed by atoms with E-state index in [1.165, 1.54) is 11.8 Å². The topological polar surface area (TPSA) is 83.8 Å². The van der Waals surface area contributed by atoms with E-state index in [1.807, 2.05) is 59.7 Å². The molecule has 0 saturated carbocycles. The molecule has 2 atom stereocenters. The molecular weight excluding hydrogens is 456 g/mol. The number of carbonyl (C=O) groups is 2. The van der Waals surface area contributed by atoms with Crippen molar-refractivity contribution in [1.82, 2.24) is 0 Å². The molecule has 3 rings (SSSR count). The minimum absolute atomic E-state index is 0.00493. The van der Waals surface area contributed by atoms with Crippen molar-refractivity contribution in [2.45, 2.75) is 88.6 Å². The van der Waals surface area contributed by atoms with Crippen LogP contribution in [0, 0.1) is 12.8 Å². The average molecular weight is 491 g/mol. The molecule has 5 nitrogen and oxygen atoms in total. The number of cyclic esters (lactones) is 1. The number of hydrogen-bond acceptors (Lipinski definition) is 7. The van der Waals surface area contributed by atoms with Crippen molar-refractivity contribution in [3.05, 3.63) is 45.1 Å². The lowest BCUT2D eigenvalue weighted by Gasteiger charge is -2.41. The maximum atomic E-state index is 13.3. The summed E-state index contributed by atoms with van der Waals surface area (Å²) in [5.74, 6) is -0.399. The number of benzene rings is 1. The quantitative estimate of drug-likeness (QED) is 0.391. The fourth-order valence-electron chi connectivity index (χ4n) is 4.13. The van der Waals surface area contributed by atoms with Crippen molar-refractivity contribution in [2.24, 2.45) is 5.92 Å². The predicted octanol–water partition coefficient (Wildman–Crippen LogP) is 5.56. The molecule has 2 heterocycles. The third-order valence-electron chi connectivity index (χ3n) is 6.35. The molecule has 180 valence electrons. The van der Waals surface area contributed by atoms with E-state index in [2.05, 4.69) is 0 Å². The van der Waals surface area contributed by atoms with Gasteiger partial charge in [0.25, 0.3) is 0 Å². The summed E-state index contributed by atoms with van der Waals surface area (Å²) >= 11 is 2.77. The third-order valence-corrected chi connectivity index (χ3v) is 8.77. The number of ketones is 1. The monoisotopic (exact) mass is 490 g/mol. The van der Waals surface area contributed by atoms with Gasteiger partial charge in [-0.1, -0.05) is 34.6 Å². The summed E-state index contributed by atoms with van der Waals surface area (Å²) in [6.07, 6.45) is 1.44. The van der Waals surface area contributed by atoms with Gasteiger partial charge in [-0.25, -0.2) is 0 Å². The Morgan fingerprint density at radius 1 is 1.21 bits per heavy atom. The number of Topliss-reactive ketones (excluding diaryl/α,β-unsaturated/α-hetero) is 1. The summed E-state index contributed by atoms with van der Waals surface area (Å²) in [5.41, 5.74) is 0.517. The summed E-state index contributed by atoms with van der Waals surface area (Å²) in [4.78, 5) is 29.3. The number of rotatable bonds is 7. The van der Waals surface area contributed by atoms with Gasteiger partial charge in [-0.15, -0.1) is 23.1 Å². The van der Waals surface area contributed by atoms with Crippen LogP contribution in [-0.2, 0) is 32.8 Å². The molecule has 0 bridgehead atoms. The van der Waals surface area contributed by atoms with Crippen LogP contribution in [0.3, 0.4) is 0 Å². The first-order valence-corrected chi connectivity index (χ1v) is 13.0. The zero-order valence-corrected chi connectivity index (χ0v) is 21.9. The van der Waals surface area contributed by atoms with E-state index in [1.54, 1.807) is 17.4 Å². The highest BCUT2D eigenvalue weighted by Gasteiger charge is 2.49. The molecule has 0 spiro atoms. The Morgan fingerprint density at radius 3 is 2.42 bits per heavy atom. The van der Waals surface area contributed by atoms with Crippen molar-refractivity contribution in [3.63, 3.8) is 0 Å². The Kier molecular flexibility index (Phi) is 7.66. The maximum Gasteiger partial charge on any atom is 0.327 e. The second kappa shape index (κ2) is 9.80. The number of carbonyl (C=O) groups excluding carboxylic acids is 2. The molecule has 1 aromatic heterocycles. The summed E-state index contributed by atoms with van der Waals surface area (Å²) in [7, 11) is 0. The first-order chi connectivity index (χ1) is 15.4. The minimum Gasteiger partial charge on any atom is -0.508 e. The number of thioether (sulfide) groups is 1. The molecule has 0 aliphatic carbocycles. The molecule has 0 radical (unpaired) electrons. The lowest BCUT2D eigenvalue weighted by molar-refractivity contribution is -0.176. The highest BCUT2D eigenvalue weighted by Crippen LogP contribution is 2.43. The van der Waals surface area contributed by atoms with Crippen LogP contribution in [0.15, 0.2) is 29.2 Å². The number of esters is 1. The fourth-order valence-corrected chi connectivity index (χ4v) is 6.36. The molecule has 2 N–H and O–H groups in total. The van der Waals surface area contributed by atoms with Crippen molar-refractivity contribution in [2.75, 3.05) is 0 Å². The molecule has 1 aromatic carbocycles. The van der Waals surface area contributed by atoms with Crippen LogP contribution in [0.25, 0.3) is 0 Å². The second-order valence-corrected chi connectivity index (χ2v) is 12.6. The number of aliphatic hydroxyl groups is 1. The van der Waals surface area contributed by atoms with Gasteiger partial charge in [0, 0.05) is 21.1 Å². The number of hydrogen-bond donors (Lipinski definition) is 2. The Morgan fingerprint density at radius 2 is 1.88 bits per heavy atom. The molecule has 1 saturated heterocycles. The van der Waals surface area contributed by atoms with Crippen LogP contribution >= 0.6 is 23.1 Å². The molecule has 0 amide bonds. The van der Waals surface area contributed by atoms with Gasteiger partial charge < -0.3 is 14.9 Å². The first kappa shape index (κ1) is 25.8. The fraction of sp³-hybridized carbons (Fsp3) is 0.538. The summed E-state index contributed by atoms with van der Waals surface area (Å²) < 4.78 is 6.05. The van der Waals surface area contributed by atoms with Crippen LogP contribution in [0.5, 0.6) is 5.75 Å². The van der Waals surface area contributed by atoms with Gasteiger partial charge in [-0.05, 0) is 66.5 Å². The van der Waals surface area contributed by atoms with E-state index in [4.69, 9.17) is 4.74 Å². The predicted molar refractivity (Wildman–Crippen MR) is 133 cm³/mol. The summed E-state index contributed by atoms with van der Waals surface area (Å²) in [5, 5.41) is 18.6. The molecule has 2 unspecified atom stereocenters. The average Bonchev–Trinajstić information content (AvgIpc) is 3.18. The number of aromatic hydroxyl groups is 1. The number of aryl methyl sites for hydroxylation is 2. The normalized spacial score (nSPS) is 21.5. The third kappa shape index (κ3) is 5.64. The van der Waals surface area contributed by atoms with E-state index >= 15 is 0 Å². The van der Waals surface area contributed by atoms with Crippen molar-refractivity contribution in [1.29, 1.82) is 0 Å². The molecule has 2 aromatic rings. The van der Waals surface area contributed by atoms with Gasteiger partial charge in [0.05, 0.1) is 6.61 Å². The zero-order chi connectivity index (χ0) is 24.6. The lowest BCUT2D eigenvalue weighted by Crippen LogP contribution is -2.52. The van der Waals surface area contributed by atoms with Crippen molar-refractivity contribution < 1.29 is 24.5 Å². The van der Waals surface area contributed by atoms with Gasteiger partial charge in [0.15, 0.2) is 11.0 Å². The Balaban J connectivity index is 1.82. The van der Waals surface area contributed by atoms with E-state index in [0.717, 1.165) is 20.2 Å². The first-order valence-electron chi connectivity index (χ1n) is 11.3. The van der Waals surface area contributed by atoms with Crippen molar-refractivity contribution >= 4 is 34.9 Å². The van der Waals surface area contributed by atoms with Gasteiger partial charge in [-0.3, -0.25) is 9.59 Å². The number of aliphatic hydroxyl groups excluding tert-OH is 1. The molecule has 7 heteroatoms. The zero-order valence-electron chi connectivity index (χ0n) is 20.2. The van der Waals surface area contributed by atoms with Crippen LogP contribution < -0.4 is 0 Å². The minimum atomic E-state index is -0.912. The Labute approximate surface area is 204 Å². The molecule has 1 fully saturated rings. The van der Waals surface area contributed by atoms with Crippen LogP contribution in [0.4, 0.5) is 0 Å². The number of phenols is 1. The Hall–Kier alpha value is -1.83. The van der Waals surface area contributed by atoms with Gasteiger partial charge in [0.1, 0.15) is 11.4 Å². The SMILES string of the molecule is Cc1cc(SC2C(=O)CC(CCc3ccc(CO)s3)(C(C)C)OC2=O)c(C(C)(C)C)cc1O. The second-order valence-electron chi connectivity index (χ2n) is 10.2. The summed E-state index contributed by atoms with van der Waals surface area (Å²) in [6.45, 7) is 11.9. The highest BCUT2D eigenvalue weighted by molar-refractivity contribution is 8.01. The maximum absolute atomic E-state index is 13.3. The molecule has 1 aliphatic rings. The van der Waals surface area contributed by atoms with Gasteiger partial charge in [0.2, 0.25) is 0 Å². The number of thiophene rings is 1. The van der Waals surface area contributed by atoms with Gasteiger partial charge >= 0.3 is 5.97 Å². The standard InChI is InChI=1S/C26H34O5S2/c1-15(2)26(10-9-17-7-8-18(14-27)32-17)13-21(29)23(24(30)31-26)33-22-11-16(3)20(28)12-19(22)25(4,5)6/h7-8,11-12,15,23,27-28H,9-10,13-14H2,1-6H3. The lowest BCUT2D eigenvalue weighted by atomic mass is 9.79. The molecule has 33 heavy (non-hydrogen) atoms. The van der Waals surface area contributed by atoms with Crippen molar-refractivity contribution in [3.8, 4) is 5.75 Å². The summed E-state index contributed by atoms with van der Waals surface area (Å²) in [6, 6.07) is 7.47. The highest BCUT2D eigenvalue weighted by atomic mass is 32.2. The van der Waals surface area contributed by atoms with Gasteiger partial charge in [-0.2, -0.15) is 0 Å². The van der Waals surface area contributed by atoms with Crippen LogP contribution in [-0.4, -0.2) is 32.8 Å². The molecular formula is C26H34O5S2. The number of phenolic OH excluding ortho intramolecular Hbond substituents is 1. The van der Waals surface area contributed by atoms with E-state index in [-0.39, 0.29) is 35.9 Å². The van der Waals surface area contributed by atoms with E-state index < -0.39 is 16.8 Å². The molecule has 1 aliphatic heterocycles. The van der Waals surface area contributed by atoms with E-state index in [9.17, 15) is 19.8 Å². The largest absolute Gasteiger partial charge is 0.508 e. The number of ether oxygens (including phenoxy) is 1. The van der Waals surface area contributed by atoms with Crippen LogP contribution in [0.1, 0.15) is 68.3 Å².